The van der Waals surface area contributed by atoms with Crippen LogP contribution in [-0.2, 0) is 0 Å². The van der Waals surface area contributed by atoms with Crippen LogP contribution in [0.4, 0.5) is 0 Å². The molecule has 0 amide bonds. The summed E-state index contributed by atoms with van der Waals surface area (Å²) in [5.74, 6) is 0.812. The smallest absolute Gasteiger partial charge is 0.255 e. The number of aromatic amines is 1. The predicted molar refractivity (Wildman–Crippen MR) is 70.8 cm³/mol. The van der Waals surface area contributed by atoms with E-state index in [-0.39, 0.29) is 17.7 Å². The van der Waals surface area contributed by atoms with Gasteiger partial charge in [0.25, 0.3) is 5.56 Å². The monoisotopic (exact) mass is 244 g/mol. The van der Waals surface area contributed by atoms with Gasteiger partial charge in [-0.3, -0.25) is 4.79 Å². The fraction of sp³-hybridized carbons (Fsp3) is 0.357. The number of rotatable bonds is 2. The minimum absolute atomic E-state index is 0.0676. The molecule has 4 nitrogen and oxygen atoms in total. The van der Waals surface area contributed by atoms with Crippen LogP contribution in [0.1, 0.15) is 19.3 Å². The van der Waals surface area contributed by atoms with E-state index < -0.39 is 0 Å². The Morgan fingerprint density at radius 2 is 2.17 bits per heavy atom. The first kappa shape index (κ1) is 11.3. The summed E-state index contributed by atoms with van der Waals surface area (Å²) in [6.07, 6.45) is 4.80. The van der Waals surface area contributed by atoms with Crippen LogP contribution in [0.25, 0.3) is 10.8 Å². The molecule has 2 atom stereocenters. The van der Waals surface area contributed by atoms with Gasteiger partial charge in [0, 0.05) is 17.6 Å². The van der Waals surface area contributed by atoms with E-state index in [0.29, 0.717) is 5.39 Å². The van der Waals surface area contributed by atoms with E-state index in [2.05, 4.69) is 4.98 Å². The maximum atomic E-state index is 11.6. The average molecular weight is 244 g/mol. The Balaban J connectivity index is 1.87. The summed E-state index contributed by atoms with van der Waals surface area (Å²) in [6.45, 7) is 0. The Labute approximate surface area is 105 Å². The summed E-state index contributed by atoms with van der Waals surface area (Å²) in [7, 11) is 0. The van der Waals surface area contributed by atoms with Crippen LogP contribution in [0.3, 0.4) is 0 Å². The molecule has 0 saturated heterocycles. The molecule has 0 spiro atoms. The molecule has 1 heterocycles. The number of nitrogens with one attached hydrogen (secondary N) is 1. The van der Waals surface area contributed by atoms with E-state index >= 15 is 0 Å². The van der Waals surface area contributed by atoms with E-state index in [1.165, 1.54) is 0 Å². The minimum Gasteiger partial charge on any atom is -0.490 e. The highest BCUT2D eigenvalue weighted by molar-refractivity contribution is 5.82. The highest BCUT2D eigenvalue weighted by atomic mass is 16.5. The van der Waals surface area contributed by atoms with E-state index in [0.717, 1.165) is 30.4 Å². The van der Waals surface area contributed by atoms with Gasteiger partial charge in [-0.05, 0) is 48.9 Å². The lowest BCUT2D eigenvalue weighted by Gasteiger charge is -2.13. The molecule has 1 aromatic heterocycles. The molecule has 2 aromatic rings. The highest BCUT2D eigenvalue weighted by Crippen LogP contribution is 2.25. The molecule has 1 aromatic carbocycles. The number of ether oxygens (including phenoxy) is 1. The number of pyridine rings is 1. The predicted octanol–water partition coefficient (Wildman–Crippen LogP) is 1.79. The zero-order chi connectivity index (χ0) is 12.5. The largest absolute Gasteiger partial charge is 0.490 e. The van der Waals surface area contributed by atoms with Gasteiger partial charge < -0.3 is 15.5 Å². The second-order valence-corrected chi connectivity index (χ2v) is 4.87. The van der Waals surface area contributed by atoms with Gasteiger partial charge in [-0.25, -0.2) is 0 Å². The van der Waals surface area contributed by atoms with Crippen LogP contribution in [0.5, 0.6) is 5.75 Å². The Hall–Kier alpha value is -1.81. The summed E-state index contributed by atoms with van der Waals surface area (Å²) >= 11 is 0. The number of aromatic nitrogens is 1. The summed E-state index contributed by atoms with van der Waals surface area (Å²) < 4.78 is 5.90. The van der Waals surface area contributed by atoms with Crippen LogP contribution >= 0.6 is 0 Å². The SMILES string of the molecule is N[C@@H]1CCC(Oc2ccc3c(=O)[nH]ccc3c2)C1. The van der Waals surface area contributed by atoms with Gasteiger partial charge in [0.2, 0.25) is 0 Å². The third-order valence-corrected chi connectivity index (χ3v) is 3.47. The molecule has 1 saturated carbocycles. The Morgan fingerprint density at radius 3 is 2.94 bits per heavy atom. The van der Waals surface area contributed by atoms with Crippen molar-refractivity contribution >= 4 is 10.8 Å². The third kappa shape index (κ3) is 2.11. The first-order valence-electron chi connectivity index (χ1n) is 6.26. The van der Waals surface area contributed by atoms with Crippen molar-refractivity contribution in [2.24, 2.45) is 5.73 Å². The number of fused-ring (bicyclic) bond motifs is 1. The summed E-state index contributed by atoms with van der Waals surface area (Å²) in [6, 6.07) is 7.70. The van der Waals surface area contributed by atoms with Gasteiger partial charge in [0.1, 0.15) is 11.9 Å². The zero-order valence-electron chi connectivity index (χ0n) is 10.1. The number of hydrogen-bond donors (Lipinski definition) is 2. The zero-order valence-corrected chi connectivity index (χ0v) is 10.1. The molecule has 4 heteroatoms. The van der Waals surface area contributed by atoms with Crippen LogP contribution in [0.15, 0.2) is 35.3 Å². The molecular formula is C14H16N2O2. The number of hydrogen-bond acceptors (Lipinski definition) is 3. The summed E-state index contributed by atoms with van der Waals surface area (Å²) in [4.78, 5) is 14.2. The van der Waals surface area contributed by atoms with Gasteiger partial charge >= 0.3 is 0 Å². The second kappa shape index (κ2) is 4.46. The van der Waals surface area contributed by atoms with Crippen molar-refractivity contribution in [3.05, 3.63) is 40.8 Å². The Morgan fingerprint density at radius 1 is 1.28 bits per heavy atom. The fourth-order valence-corrected chi connectivity index (χ4v) is 2.52. The molecule has 3 rings (SSSR count). The molecule has 0 aliphatic heterocycles. The number of benzene rings is 1. The topological polar surface area (TPSA) is 68.1 Å². The van der Waals surface area contributed by atoms with E-state index in [4.69, 9.17) is 10.5 Å². The maximum absolute atomic E-state index is 11.6. The number of nitrogens with two attached hydrogens (primary N) is 1. The van der Waals surface area contributed by atoms with Crippen LogP contribution < -0.4 is 16.0 Å². The van der Waals surface area contributed by atoms with Crippen molar-refractivity contribution < 1.29 is 4.74 Å². The molecule has 18 heavy (non-hydrogen) atoms. The molecule has 1 aliphatic rings. The standard InChI is InChI=1S/C14H16N2O2/c15-10-1-2-12(8-10)18-11-3-4-13-9(7-11)5-6-16-14(13)17/h3-7,10,12H,1-2,8,15H2,(H,16,17)/t10-,12?/m1/s1. The van der Waals surface area contributed by atoms with Crippen molar-refractivity contribution in [2.75, 3.05) is 0 Å². The van der Waals surface area contributed by atoms with Gasteiger partial charge in [0.05, 0.1) is 0 Å². The molecule has 3 N–H and O–H groups in total. The molecule has 1 fully saturated rings. The molecule has 1 aliphatic carbocycles. The second-order valence-electron chi connectivity index (χ2n) is 4.87. The summed E-state index contributed by atoms with van der Waals surface area (Å²) in [5, 5.41) is 1.59. The first-order valence-corrected chi connectivity index (χ1v) is 6.26. The summed E-state index contributed by atoms with van der Waals surface area (Å²) in [5.41, 5.74) is 5.80. The van der Waals surface area contributed by atoms with Crippen molar-refractivity contribution in [1.82, 2.24) is 4.98 Å². The van der Waals surface area contributed by atoms with Crippen molar-refractivity contribution in [2.45, 2.75) is 31.4 Å². The van der Waals surface area contributed by atoms with Crippen LogP contribution in [-0.4, -0.2) is 17.1 Å². The lowest BCUT2D eigenvalue weighted by Crippen LogP contribution is -2.19. The molecule has 94 valence electrons. The molecule has 0 bridgehead atoms. The van der Waals surface area contributed by atoms with E-state index in [1.807, 2.05) is 18.2 Å². The van der Waals surface area contributed by atoms with Crippen LogP contribution in [0, 0.1) is 0 Å². The molecular weight excluding hydrogens is 228 g/mol. The maximum Gasteiger partial charge on any atom is 0.255 e. The first-order chi connectivity index (χ1) is 8.72. The highest BCUT2D eigenvalue weighted by Gasteiger charge is 2.23. The van der Waals surface area contributed by atoms with Crippen molar-refractivity contribution in [3.63, 3.8) is 0 Å². The normalized spacial score (nSPS) is 23.4. The van der Waals surface area contributed by atoms with E-state index in [1.54, 1.807) is 12.3 Å². The van der Waals surface area contributed by atoms with Gasteiger partial charge in [0.15, 0.2) is 0 Å². The van der Waals surface area contributed by atoms with Crippen molar-refractivity contribution in [3.8, 4) is 5.75 Å². The molecule has 0 radical (unpaired) electrons. The number of H-pyrrole nitrogens is 1. The Kier molecular flexibility index (Phi) is 2.80. The van der Waals surface area contributed by atoms with E-state index in [9.17, 15) is 4.79 Å². The minimum atomic E-state index is -0.0676. The molecule has 1 unspecified atom stereocenters. The quantitative estimate of drug-likeness (QED) is 0.846. The van der Waals surface area contributed by atoms with Gasteiger partial charge in [-0.2, -0.15) is 0 Å². The van der Waals surface area contributed by atoms with Crippen molar-refractivity contribution in [1.29, 1.82) is 0 Å². The Bertz CT molecular complexity index is 620. The van der Waals surface area contributed by atoms with Crippen LogP contribution in [0.2, 0.25) is 0 Å². The van der Waals surface area contributed by atoms with Gasteiger partial charge in [-0.15, -0.1) is 0 Å². The van der Waals surface area contributed by atoms with Gasteiger partial charge in [-0.1, -0.05) is 0 Å². The third-order valence-electron chi connectivity index (χ3n) is 3.47. The fourth-order valence-electron chi connectivity index (χ4n) is 2.52. The lowest BCUT2D eigenvalue weighted by molar-refractivity contribution is 0.208. The lowest BCUT2D eigenvalue weighted by atomic mass is 10.1. The average Bonchev–Trinajstić information content (AvgIpc) is 2.75.